The first-order chi connectivity index (χ1) is 16.2. The number of nitrogens with zero attached hydrogens (tertiary/aromatic N) is 2. The van der Waals surface area contributed by atoms with Crippen LogP contribution >= 0.6 is 11.3 Å². The lowest BCUT2D eigenvalue weighted by Crippen LogP contribution is -2.50. The SMILES string of the molecule is [2H]c1sc(N2C([2H])([2H])C([2H])([2H])N(C(=O)OC(C)(C)C)C([2H])([2H])C2([2H])[2H])c([2H])c1B1OC(C)(C)C(C)(C)O1. The van der Waals surface area contributed by atoms with Crippen molar-refractivity contribution in [2.24, 2.45) is 0 Å². The quantitative estimate of drug-likeness (QED) is 0.709. The standard InChI is InChI=1S/C19H31BN2O4S/c1-17(2,3)24-16(23)22-10-8-21(9-11-22)15-12-14(13-27-15)20-25-18(4,5)19(6,7)26-20/h12-13H,8-11H2,1-7H3/i8D2,9D2,10D2,11D2,12D,13D. The van der Waals surface area contributed by atoms with Crippen molar-refractivity contribution in [2.45, 2.75) is 65.3 Å². The molecule has 6 nitrogen and oxygen atoms in total. The second kappa shape index (κ2) is 6.97. The Morgan fingerprint density at radius 2 is 1.78 bits per heavy atom. The number of hydrogen-bond acceptors (Lipinski definition) is 6. The molecular formula is C19H31BN2O4S. The van der Waals surface area contributed by atoms with E-state index in [1.54, 1.807) is 27.7 Å². The highest BCUT2D eigenvalue weighted by Crippen LogP contribution is 2.37. The lowest BCUT2D eigenvalue weighted by atomic mass is 9.81. The minimum Gasteiger partial charge on any atom is -0.444 e. The molecule has 2 aliphatic heterocycles. The third-order valence-corrected chi connectivity index (χ3v) is 5.11. The summed E-state index contributed by atoms with van der Waals surface area (Å²) in [5, 5.41) is -0.873. The number of piperazine rings is 1. The fraction of sp³-hybridized carbons (Fsp3) is 0.737. The van der Waals surface area contributed by atoms with E-state index in [4.69, 9.17) is 27.8 Å². The van der Waals surface area contributed by atoms with Crippen LogP contribution in [-0.4, -0.2) is 60.9 Å². The van der Waals surface area contributed by atoms with Crippen LogP contribution in [0.5, 0.6) is 0 Å². The van der Waals surface area contributed by atoms with Gasteiger partial charge in [0.2, 0.25) is 0 Å². The van der Waals surface area contributed by atoms with Gasteiger partial charge in [0, 0.05) is 26.0 Å². The van der Waals surface area contributed by atoms with Crippen LogP contribution in [0.4, 0.5) is 9.80 Å². The van der Waals surface area contributed by atoms with Gasteiger partial charge in [0.1, 0.15) is 5.60 Å². The lowest BCUT2D eigenvalue weighted by molar-refractivity contribution is 0.00578. The highest BCUT2D eigenvalue weighted by Gasteiger charge is 2.52. The number of thiophene rings is 1. The number of amides is 1. The molecule has 150 valence electrons. The fourth-order valence-corrected chi connectivity index (χ4v) is 2.89. The van der Waals surface area contributed by atoms with Gasteiger partial charge in [-0.15, -0.1) is 11.3 Å². The third-order valence-electron chi connectivity index (χ3n) is 4.31. The van der Waals surface area contributed by atoms with Crippen LogP contribution in [0.25, 0.3) is 0 Å². The molecule has 0 bridgehead atoms. The molecular weight excluding hydrogens is 363 g/mol. The van der Waals surface area contributed by atoms with Crippen LogP contribution in [0.2, 0.25) is 0 Å². The molecule has 1 aromatic rings. The van der Waals surface area contributed by atoms with Gasteiger partial charge in [-0.25, -0.2) is 4.79 Å². The maximum Gasteiger partial charge on any atom is 0.495 e. The molecule has 3 rings (SSSR count). The molecule has 2 saturated heterocycles. The Kier molecular flexibility index (Phi) is 2.86. The van der Waals surface area contributed by atoms with Crippen molar-refractivity contribution >= 4 is 35.0 Å². The molecule has 2 aliphatic rings. The summed E-state index contributed by atoms with van der Waals surface area (Å²) in [6.45, 7) is -2.44. The van der Waals surface area contributed by atoms with Gasteiger partial charge in [0.25, 0.3) is 0 Å². The molecule has 2 fully saturated rings. The van der Waals surface area contributed by atoms with E-state index in [-0.39, 0.29) is 20.6 Å². The molecule has 3 heterocycles. The predicted octanol–water partition coefficient (Wildman–Crippen LogP) is 3.10. The average Bonchev–Trinajstić information content (AvgIpc) is 3.02. The lowest BCUT2D eigenvalue weighted by Gasteiger charge is -2.36. The van der Waals surface area contributed by atoms with E-state index in [0.717, 1.165) is 0 Å². The van der Waals surface area contributed by atoms with Crippen LogP contribution in [0.3, 0.4) is 0 Å². The van der Waals surface area contributed by atoms with Gasteiger partial charge < -0.3 is 23.8 Å². The van der Waals surface area contributed by atoms with Crippen LogP contribution in [0, 0.1) is 0 Å². The Morgan fingerprint density at radius 3 is 2.30 bits per heavy atom. The van der Waals surface area contributed by atoms with E-state index >= 15 is 0 Å². The Hall–Kier alpha value is -1.25. The first-order valence-electron chi connectivity index (χ1n) is 13.5. The first kappa shape index (κ1) is 11.1. The molecule has 0 atom stereocenters. The van der Waals surface area contributed by atoms with E-state index in [1.807, 2.05) is 0 Å². The number of carbonyl (C=O) groups excluding carboxylic acids is 1. The molecule has 0 aliphatic carbocycles. The van der Waals surface area contributed by atoms with Crippen molar-refractivity contribution in [3.8, 4) is 0 Å². The van der Waals surface area contributed by atoms with Gasteiger partial charge in [0.15, 0.2) is 0 Å². The fourth-order valence-electron chi connectivity index (χ4n) is 2.20. The predicted molar refractivity (Wildman–Crippen MR) is 110 cm³/mol. The zero-order valence-electron chi connectivity index (χ0n) is 26.5. The van der Waals surface area contributed by atoms with Crippen molar-refractivity contribution in [2.75, 3.05) is 30.9 Å². The summed E-state index contributed by atoms with van der Waals surface area (Å²) in [4.78, 5) is 12.8. The van der Waals surface area contributed by atoms with Gasteiger partial charge in [-0.1, -0.05) is 0 Å². The Balaban J connectivity index is 2.18. The molecule has 0 radical (unpaired) electrons. The minimum atomic E-state index is -3.48. The van der Waals surface area contributed by atoms with Crippen molar-refractivity contribution in [3.05, 3.63) is 11.4 Å². The van der Waals surface area contributed by atoms with Crippen LogP contribution in [0.1, 0.15) is 62.2 Å². The summed E-state index contributed by atoms with van der Waals surface area (Å²) >= 11 is 0.457. The molecule has 0 unspecified atom stereocenters. The van der Waals surface area contributed by atoms with E-state index in [1.165, 1.54) is 20.8 Å². The van der Waals surface area contributed by atoms with Crippen molar-refractivity contribution in [1.82, 2.24) is 4.90 Å². The zero-order chi connectivity index (χ0) is 28.9. The smallest absolute Gasteiger partial charge is 0.444 e. The van der Waals surface area contributed by atoms with Gasteiger partial charge in [-0.05, 0) is 65.3 Å². The van der Waals surface area contributed by atoms with Crippen LogP contribution < -0.4 is 10.4 Å². The maximum atomic E-state index is 12.9. The minimum absolute atomic E-state index is 0.124. The molecule has 8 heteroatoms. The summed E-state index contributed by atoms with van der Waals surface area (Å²) in [6.07, 6.45) is -1.59. The van der Waals surface area contributed by atoms with Crippen LogP contribution in [-0.2, 0) is 14.0 Å². The highest BCUT2D eigenvalue weighted by atomic mass is 32.1. The monoisotopic (exact) mass is 404 g/mol. The van der Waals surface area contributed by atoms with Crippen molar-refractivity contribution in [1.29, 1.82) is 0 Å². The highest BCUT2D eigenvalue weighted by molar-refractivity contribution is 7.15. The molecule has 27 heavy (non-hydrogen) atoms. The number of rotatable bonds is 2. The topological polar surface area (TPSA) is 51.2 Å². The van der Waals surface area contributed by atoms with E-state index in [2.05, 4.69) is 0 Å². The third kappa shape index (κ3) is 4.44. The normalized spacial score (nSPS) is 35.1. The van der Waals surface area contributed by atoms with Crippen molar-refractivity contribution < 1.29 is 32.5 Å². The molecule has 0 aromatic carbocycles. The summed E-state index contributed by atoms with van der Waals surface area (Å²) in [5.74, 6) is 0. The Labute approximate surface area is 180 Å². The Morgan fingerprint density at radius 1 is 1.22 bits per heavy atom. The van der Waals surface area contributed by atoms with E-state index in [0.29, 0.717) is 11.3 Å². The molecule has 0 saturated carbocycles. The Bertz CT molecular complexity index is 1060. The average molecular weight is 404 g/mol. The second-order valence-electron chi connectivity index (χ2n) is 8.23. The van der Waals surface area contributed by atoms with E-state index < -0.39 is 67.0 Å². The second-order valence-corrected chi connectivity index (χ2v) is 9.03. The van der Waals surface area contributed by atoms with E-state index in [9.17, 15) is 4.79 Å². The van der Waals surface area contributed by atoms with Crippen molar-refractivity contribution in [3.63, 3.8) is 0 Å². The van der Waals surface area contributed by atoms with Gasteiger partial charge >= 0.3 is 13.2 Å². The summed E-state index contributed by atoms with van der Waals surface area (Å²) in [6, 6.07) is -0.571. The summed E-state index contributed by atoms with van der Waals surface area (Å²) in [7, 11) is -1.22. The number of anilines is 1. The molecule has 0 N–H and O–H groups in total. The van der Waals surface area contributed by atoms with Gasteiger partial charge in [0.05, 0.1) is 29.9 Å². The van der Waals surface area contributed by atoms with Crippen LogP contribution in [0.15, 0.2) is 11.4 Å². The number of carbonyl (C=O) groups is 1. The molecule has 0 spiro atoms. The van der Waals surface area contributed by atoms with Gasteiger partial charge in [-0.3, -0.25) is 0 Å². The molecule has 1 amide bonds. The largest absolute Gasteiger partial charge is 0.495 e. The summed E-state index contributed by atoms with van der Waals surface area (Å²) in [5.41, 5.74) is -3.01. The van der Waals surface area contributed by atoms with Gasteiger partial charge in [-0.2, -0.15) is 0 Å². The molecule has 1 aromatic heterocycles. The summed E-state index contributed by atoms with van der Waals surface area (Å²) < 4.78 is 102. The number of ether oxygens (including phenoxy) is 1. The zero-order valence-corrected chi connectivity index (χ0v) is 17.3. The number of hydrogen-bond donors (Lipinski definition) is 0. The maximum absolute atomic E-state index is 12.9. The first-order valence-corrected chi connectivity index (χ1v) is 9.35.